The number of hydrogen-bond donors (Lipinski definition) is 1. The maximum absolute atomic E-state index is 13.0. The zero-order valence-electron chi connectivity index (χ0n) is 14.2. The van der Waals surface area contributed by atoms with Crippen molar-refractivity contribution in [1.29, 1.82) is 0 Å². The van der Waals surface area contributed by atoms with E-state index in [4.69, 9.17) is 0 Å². The highest BCUT2D eigenvalue weighted by Gasteiger charge is 1.99. The lowest BCUT2D eigenvalue weighted by molar-refractivity contribution is -0.121. The molecule has 1 aromatic rings. The number of halogens is 1. The van der Waals surface area contributed by atoms with Crippen molar-refractivity contribution in [3.05, 3.63) is 35.6 Å². The lowest BCUT2D eigenvalue weighted by Gasteiger charge is -2.02. The number of nitrogens with one attached hydrogen (secondary N) is 1. The molecule has 0 bridgehead atoms. The van der Waals surface area contributed by atoms with Crippen LogP contribution in [0, 0.1) is 5.82 Å². The number of unbranched alkanes of at least 4 members (excludes halogenated alkanes) is 8. The van der Waals surface area contributed by atoms with Gasteiger partial charge in [0.25, 0.3) is 0 Å². The Morgan fingerprint density at radius 1 is 1.09 bits per heavy atom. The van der Waals surface area contributed by atoms with Crippen LogP contribution in [0.3, 0.4) is 0 Å². The number of hydrazone groups is 1. The topological polar surface area (TPSA) is 41.5 Å². The van der Waals surface area contributed by atoms with Crippen molar-refractivity contribution in [2.45, 2.75) is 71.1 Å². The van der Waals surface area contributed by atoms with Gasteiger partial charge < -0.3 is 0 Å². The Labute approximate surface area is 139 Å². The summed E-state index contributed by atoms with van der Waals surface area (Å²) in [5.41, 5.74) is 3.12. The second-order valence-electron chi connectivity index (χ2n) is 5.93. The average Bonchev–Trinajstić information content (AvgIpc) is 2.53. The zero-order valence-corrected chi connectivity index (χ0v) is 14.2. The summed E-state index contributed by atoms with van der Waals surface area (Å²) < 4.78 is 13.0. The molecule has 128 valence electrons. The van der Waals surface area contributed by atoms with Crippen LogP contribution in [0.1, 0.15) is 76.7 Å². The predicted octanol–water partition coefficient (Wildman–Crippen LogP) is 5.20. The molecule has 0 fully saturated rings. The zero-order chi connectivity index (χ0) is 16.8. The summed E-state index contributed by atoms with van der Waals surface area (Å²) in [6.45, 7) is 2.23. The molecule has 0 aliphatic carbocycles. The summed E-state index contributed by atoms with van der Waals surface area (Å²) in [5.74, 6) is -0.393. The van der Waals surface area contributed by atoms with Crippen LogP contribution in [0.2, 0.25) is 0 Å². The second kappa shape index (κ2) is 12.8. The van der Waals surface area contributed by atoms with Crippen LogP contribution in [0.25, 0.3) is 0 Å². The maximum Gasteiger partial charge on any atom is 0.240 e. The van der Waals surface area contributed by atoms with Gasteiger partial charge in [-0.3, -0.25) is 4.79 Å². The van der Waals surface area contributed by atoms with Crippen LogP contribution in [-0.2, 0) is 4.79 Å². The Balaban J connectivity index is 2.00. The monoisotopic (exact) mass is 320 g/mol. The van der Waals surface area contributed by atoms with Crippen molar-refractivity contribution in [2.75, 3.05) is 0 Å². The maximum atomic E-state index is 13.0. The van der Waals surface area contributed by atoms with E-state index in [9.17, 15) is 9.18 Å². The summed E-state index contributed by atoms with van der Waals surface area (Å²) in [6, 6.07) is 6.09. The Kier molecular flexibility index (Phi) is 10.8. The Hall–Kier alpha value is -1.71. The smallest absolute Gasteiger partial charge is 0.240 e. The Bertz CT molecular complexity index is 474. The first kappa shape index (κ1) is 19.3. The summed E-state index contributed by atoms with van der Waals surface area (Å²) in [4.78, 5) is 11.6. The van der Waals surface area contributed by atoms with Crippen LogP contribution in [0.4, 0.5) is 4.39 Å². The van der Waals surface area contributed by atoms with Gasteiger partial charge in [0.1, 0.15) is 5.82 Å². The number of amides is 1. The molecular formula is C19H29FN2O. The molecule has 0 saturated heterocycles. The second-order valence-corrected chi connectivity index (χ2v) is 5.93. The van der Waals surface area contributed by atoms with E-state index in [0.29, 0.717) is 12.0 Å². The third-order valence-electron chi connectivity index (χ3n) is 3.76. The van der Waals surface area contributed by atoms with Gasteiger partial charge in [0.05, 0.1) is 6.21 Å². The quantitative estimate of drug-likeness (QED) is 0.321. The summed E-state index contributed by atoms with van der Waals surface area (Å²) >= 11 is 0. The largest absolute Gasteiger partial charge is 0.273 e. The van der Waals surface area contributed by atoms with Gasteiger partial charge >= 0.3 is 0 Å². The van der Waals surface area contributed by atoms with Crippen LogP contribution in [-0.4, -0.2) is 12.1 Å². The minimum atomic E-state index is -0.310. The molecule has 0 spiro atoms. The number of rotatable bonds is 12. The van der Waals surface area contributed by atoms with E-state index in [-0.39, 0.29) is 11.7 Å². The van der Waals surface area contributed by atoms with Crippen molar-refractivity contribution in [2.24, 2.45) is 5.10 Å². The fraction of sp³-hybridized carbons (Fsp3) is 0.579. The van der Waals surface area contributed by atoms with Gasteiger partial charge in [-0.15, -0.1) is 0 Å². The number of carbonyl (C=O) groups excluding carboxylic acids is 1. The molecule has 0 radical (unpaired) electrons. The molecule has 0 saturated carbocycles. The molecule has 0 aromatic heterocycles. The van der Waals surface area contributed by atoms with Gasteiger partial charge in [0, 0.05) is 6.42 Å². The van der Waals surface area contributed by atoms with Crippen molar-refractivity contribution in [3.8, 4) is 0 Å². The predicted molar refractivity (Wildman–Crippen MR) is 94.0 cm³/mol. The number of benzene rings is 1. The van der Waals surface area contributed by atoms with Gasteiger partial charge in [-0.1, -0.05) is 70.4 Å². The van der Waals surface area contributed by atoms with E-state index in [0.717, 1.165) is 12.8 Å². The van der Waals surface area contributed by atoms with E-state index in [2.05, 4.69) is 17.5 Å². The fourth-order valence-corrected chi connectivity index (χ4v) is 2.42. The third-order valence-corrected chi connectivity index (χ3v) is 3.76. The van der Waals surface area contributed by atoms with Gasteiger partial charge in [-0.25, -0.2) is 9.82 Å². The molecule has 3 nitrogen and oxygen atoms in total. The number of hydrogen-bond acceptors (Lipinski definition) is 2. The van der Waals surface area contributed by atoms with Crippen molar-refractivity contribution in [1.82, 2.24) is 5.43 Å². The first-order valence-electron chi connectivity index (χ1n) is 8.80. The van der Waals surface area contributed by atoms with Crippen LogP contribution in [0.5, 0.6) is 0 Å². The molecule has 23 heavy (non-hydrogen) atoms. The summed E-state index contributed by atoms with van der Waals surface area (Å²) in [6.07, 6.45) is 13.0. The fourth-order valence-electron chi connectivity index (χ4n) is 2.42. The van der Waals surface area contributed by atoms with Crippen LogP contribution in [0.15, 0.2) is 29.4 Å². The molecule has 1 aromatic carbocycles. The minimum absolute atomic E-state index is 0.0828. The van der Waals surface area contributed by atoms with Gasteiger partial charge in [-0.2, -0.15) is 5.10 Å². The van der Waals surface area contributed by atoms with Crippen molar-refractivity contribution >= 4 is 12.1 Å². The lowest BCUT2D eigenvalue weighted by atomic mass is 10.1. The molecule has 4 heteroatoms. The van der Waals surface area contributed by atoms with Crippen molar-refractivity contribution < 1.29 is 9.18 Å². The highest BCUT2D eigenvalue weighted by atomic mass is 19.1. The SMILES string of the molecule is CCCCCCCCCCCC(=O)N/N=C\c1cccc(F)c1. The molecule has 0 atom stereocenters. The third kappa shape index (κ3) is 10.6. The van der Waals surface area contributed by atoms with Gasteiger partial charge in [0.2, 0.25) is 5.91 Å². The Morgan fingerprint density at radius 2 is 1.74 bits per heavy atom. The van der Waals surface area contributed by atoms with E-state index in [1.54, 1.807) is 12.1 Å². The van der Waals surface area contributed by atoms with Crippen LogP contribution >= 0.6 is 0 Å². The Morgan fingerprint density at radius 3 is 2.39 bits per heavy atom. The first-order chi connectivity index (χ1) is 11.2. The molecular weight excluding hydrogens is 291 g/mol. The van der Waals surface area contributed by atoms with Crippen LogP contribution < -0.4 is 5.43 Å². The number of nitrogens with zero attached hydrogens (tertiary/aromatic N) is 1. The van der Waals surface area contributed by atoms with E-state index < -0.39 is 0 Å². The van der Waals surface area contributed by atoms with E-state index >= 15 is 0 Å². The molecule has 0 unspecified atom stereocenters. The molecule has 0 aliphatic heterocycles. The molecule has 0 heterocycles. The van der Waals surface area contributed by atoms with E-state index in [1.807, 2.05) is 0 Å². The highest BCUT2D eigenvalue weighted by molar-refractivity contribution is 5.82. The summed E-state index contributed by atoms with van der Waals surface area (Å²) in [7, 11) is 0. The standard InChI is InChI=1S/C19H29FN2O/c1-2-3-4-5-6-7-8-9-10-14-19(23)22-21-16-17-12-11-13-18(20)15-17/h11-13,15-16H,2-10,14H2,1H3,(H,22,23)/b21-16-. The van der Waals surface area contributed by atoms with Crippen molar-refractivity contribution in [3.63, 3.8) is 0 Å². The number of carbonyl (C=O) groups is 1. The minimum Gasteiger partial charge on any atom is -0.273 e. The molecule has 1 N–H and O–H groups in total. The molecule has 1 amide bonds. The first-order valence-corrected chi connectivity index (χ1v) is 8.80. The lowest BCUT2D eigenvalue weighted by Crippen LogP contribution is -2.16. The summed E-state index contributed by atoms with van der Waals surface area (Å²) in [5, 5.41) is 3.85. The highest BCUT2D eigenvalue weighted by Crippen LogP contribution is 2.10. The van der Waals surface area contributed by atoms with Gasteiger partial charge in [-0.05, 0) is 24.1 Å². The normalized spacial score (nSPS) is 11.0. The van der Waals surface area contributed by atoms with Gasteiger partial charge in [0.15, 0.2) is 0 Å². The molecule has 0 aliphatic rings. The molecule has 1 rings (SSSR count). The van der Waals surface area contributed by atoms with E-state index in [1.165, 1.54) is 63.3 Å². The average molecular weight is 320 g/mol.